The van der Waals surface area contributed by atoms with E-state index in [4.69, 9.17) is 0 Å². The number of rotatable bonds is 6. The summed E-state index contributed by atoms with van der Waals surface area (Å²) in [4.78, 5) is 44.5. The van der Waals surface area contributed by atoms with E-state index in [9.17, 15) is 14.4 Å². The number of fused-ring (bicyclic) bond motifs is 2. The third-order valence-electron chi connectivity index (χ3n) is 6.69. The second-order valence-corrected chi connectivity index (χ2v) is 9.67. The maximum atomic E-state index is 13.6. The second kappa shape index (κ2) is 9.96. The van der Waals surface area contributed by atoms with Crippen molar-refractivity contribution in [2.45, 2.75) is 36.9 Å². The lowest BCUT2D eigenvalue weighted by molar-refractivity contribution is -0.122. The van der Waals surface area contributed by atoms with Gasteiger partial charge in [0.15, 0.2) is 0 Å². The second-order valence-electron chi connectivity index (χ2n) is 8.79. The van der Waals surface area contributed by atoms with E-state index < -0.39 is 6.04 Å². The van der Waals surface area contributed by atoms with Crippen LogP contribution >= 0.6 is 11.8 Å². The van der Waals surface area contributed by atoms with Crippen molar-refractivity contribution in [1.29, 1.82) is 0 Å². The van der Waals surface area contributed by atoms with Gasteiger partial charge in [0, 0.05) is 23.5 Å². The summed E-state index contributed by atoms with van der Waals surface area (Å²) < 4.78 is 0. The Kier molecular flexibility index (Phi) is 6.59. The molecule has 1 N–H and O–H groups in total. The number of para-hydroxylation sites is 1. The highest BCUT2D eigenvalue weighted by Crippen LogP contribution is 2.33. The molecule has 6 nitrogen and oxygen atoms in total. The lowest BCUT2D eigenvalue weighted by atomic mass is 10.0. The number of hydrogen-bond acceptors (Lipinski definition) is 4. The van der Waals surface area contributed by atoms with Gasteiger partial charge in [0.2, 0.25) is 5.91 Å². The molecule has 2 aliphatic rings. The number of anilines is 1. The van der Waals surface area contributed by atoms with Crippen molar-refractivity contribution in [1.82, 2.24) is 10.2 Å². The number of nitrogens with zero attached hydrogens (tertiary/aromatic N) is 2. The van der Waals surface area contributed by atoms with Gasteiger partial charge in [-0.15, -0.1) is 11.8 Å². The van der Waals surface area contributed by atoms with E-state index in [0.717, 1.165) is 17.5 Å². The minimum atomic E-state index is -0.458. The Hall–Kier alpha value is -3.58. The zero-order valence-corrected chi connectivity index (χ0v) is 20.4. The van der Waals surface area contributed by atoms with Crippen molar-refractivity contribution < 1.29 is 14.4 Å². The number of amides is 3. The predicted molar refractivity (Wildman–Crippen MR) is 138 cm³/mol. The summed E-state index contributed by atoms with van der Waals surface area (Å²) in [5.74, 6) is -0.383. The molecule has 1 atom stereocenters. The number of benzene rings is 3. The Balaban J connectivity index is 1.41. The number of carbonyl (C=O) groups is 3. The summed E-state index contributed by atoms with van der Waals surface area (Å²) in [6, 6.07) is 22.2. The molecule has 0 radical (unpaired) electrons. The maximum absolute atomic E-state index is 13.6. The van der Waals surface area contributed by atoms with E-state index in [1.165, 1.54) is 4.90 Å². The van der Waals surface area contributed by atoms with Crippen LogP contribution in [0.5, 0.6) is 0 Å². The van der Waals surface area contributed by atoms with Crippen LogP contribution in [0.25, 0.3) is 0 Å². The van der Waals surface area contributed by atoms with Gasteiger partial charge in [-0.05, 0) is 60.6 Å². The van der Waals surface area contributed by atoms with Crippen molar-refractivity contribution >= 4 is 35.2 Å². The van der Waals surface area contributed by atoms with Crippen LogP contribution in [-0.2, 0) is 17.9 Å². The van der Waals surface area contributed by atoms with Gasteiger partial charge in [-0.25, -0.2) is 0 Å². The van der Waals surface area contributed by atoms with Gasteiger partial charge in [0.05, 0.1) is 17.8 Å². The molecule has 0 aromatic heterocycles. The molecular weight excluding hydrogens is 458 g/mol. The van der Waals surface area contributed by atoms with Gasteiger partial charge in [-0.2, -0.15) is 0 Å². The molecule has 3 aromatic rings. The Morgan fingerprint density at radius 1 is 1.00 bits per heavy atom. The average Bonchev–Trinajstić information content (AvgIpc) is 3.38. The van der Waals surface area contributed by atoms with Gasteiger partial charge in [0.25, 0.3) is 11.8 Å². The molecular formula is C28H27N3O3S. The minimum Gasteiger partial charge on any atom is -0.348 e. The Bertz CT molecular complexity index is 1270. The normalized spacial score (nSPS) is 17.1. The summed E-state index contributed by atoms with van der Waals surface area (Å²) in [5, 5.41) is 3.01. The number of thioether (sulfide) groups is 1. The smallest absolute Gasteiger partial charge is 0.256 e. The third-order valence-corrected chi connectivity index (χ3v) is 7.44. The molecule has 2 heterocycles. The van der Waals surface area contributed by atoms with Crippen LogP contribution < -0.4 is 10.2 Å². The van der Waals surface area contributed by atoms with Crippen LogP contribution in [0.2, 0.25) is 0 Å². The SMILES string of the molecule is CSc1ccc(CNC(=O)c2ccccc2CN2C(=O)C3CCCN3C(=O)c3ccccc32)cc1. The molecule has 0 saturated carbocycles. The van der Waals surface area contributed by atoms with Gasteiger partial charge >= 0.3 is 0 Å². The molecule has 7 heteroatoms. The monoisotopic (exact) mass is 485 g/mol. The van der Waals surface area contributed by atoms with Crippen LogP contribution in [0.4, 0.5) is 5.69 Å². The Morgan fingerprint density at radius 3 is 2.54 bits per heavy atom. The lowest BCUT2D eigenvalue weighted by Crippen LogP contribution is -2.44. The zero-order chi connectivity index (χ0) is 24.4. The molecule has 2 aliphatic heterocycles. The molecule has 1 unspecified atom stereocenters. The number of carbonyl (C=O) groups excluding carboxylic acids is 3. The van der Waals surface area contributed by atoms with Gasteiger partial charge in [0.1, 0.15) is 6.04 Å². The van der Waals surface area contributed by atoms with E-state index in [-0.39, 0.29) is 24.3 Å². The van der Waals surface area contributed by atoms with E-state index in [0.29, 0.717) is 36.3 Å². The lowest BCUT2D eigenvalue weighted by Gasteiger charge is -2.26. The van der Waals surface area contributed by atoms with Crippen LogP contribution in [0.3, 0.4) is 0 Å². The van der Waals surface area contributed by atoms with E-state index in [2.05, 4.69) is 5.32 Å². The summed E-state index contributed by atoms with van der Waals surface area (Å²) in [5.41, 5.74) is 3.41. The van der Waals surface area contributed by atoms with Crippen LogP contribution in [-0.4, -0.2) is 41.5 Å². The fraction of sp³-hybridized carbons (Fsp3) is 0.250. The van der Waals surface area contributed by atoms with Crippen molar-refractivity contribution in [3.05, 3.63) is 95.1 Å². The zero-order valence-electron chi connectivity index (χ0n) is 19.6. The topological polar surface area (TPSA) is 69.7 Å². The van der Waals surface area contributed by atoms with E-state index in [1.807, 2.05) is 66.9 Å². The fourth-order valence-corrected chi connectivity index (χ4v) is 5.25. The van der Waals surface area contributed by atoms with Gasteiger partial charge < -0.3 is 15.1 Å². The highest BCUT2D eigenvalue weighted by Gasteiger charge is 2.42. The molecule has 0 spiro atoms. The Morgan fingerprint density at radius 2 is 1.74 bits per heavy atom. The summed E-state index contributed by atoms with van der Waals surface area (Å²) in [6.07, 6.45) is 3.50. The van der Waals surface area contributed by atoms with Crippen LogP contribution in [0, 0.1) is 0 Å². The highest BCUT2D eigenvalue weighted by molar-refractivity contribution is 7.98. The van der Waals surface area contributed by atoms with Gasteiger partial charge in [-0.1, -0.05) is 42.5 Å². The molecule has 5 rings (SSSR count). The van der Waals surface area contributed by atoms with Gasteiger partial charge in [-0.3, -0.25) is 14.4 Å². The summed E-state index contributed by atoms with van der Waals surface area (Å²) in [7, 11) is 0. The molecule has 3 aromatic carbocycles. The van der Waals surface area contributed by atoms with E-state index in [1.54, 1.807) is 33.7 Å². The molecule has 1 saturated heterocycles. The number of hydrogen-bond donors (Lipinski definition) is 1. The minimum absolute atomic E-state index is 0.0927. The van der Waals surface area contributed by atoms with E-state index >= 15 is 0 Å². The van der Waals surface area contributed by atoms with Crippen molar-refractivity contribution in [3.63, 3.8) is 0 Å². The van der Waals surface area contributed by atoms with Crippen molar-refractivity contribution in [3.8, 4) is 0 Å². The largest absolute Gasteiger partial charge is 0.348 e. The standard InChI is InChI=1S/C28H27N3O3S/c1-35-21-14-12-19(13-15-21)17-29-26(32)22-8-3-2-7-20(22)18-31-24-10-5-4-9-23(24)27(33)30-16-6-11-25(30)28(31)34/h2-5,7-10,12-15,25H,6,11,16-18H2,1H3,(H,29,32). The first-order valence-corrected chi connectivity index (χ1v) is 13.0. The van der Waals surface area contributed by atoms with Crippen LogP contribution in [0.15, 0.2) is 77.7 Å². The average molecular weight is 486 g/mol. The molecule has 0 aliphatic carbocycles. The summed E-state index contributed by atoms with van der Waals surface area (Å²) in [6.45, 7) is 1.23. The molecule has 1 fully saturated rings. The van der Waals surface area contributed by atoms with Crippen molar-refractivity contribution in [2.75, 3.05) is 17.7 Å². The molecule has 178 valence electrons. The molecule has 0 bridgehead atoms. The van der Waals surface area contributed by atoms with Crippen LogP contribution in [0.1, 0.15) is 44.7 Å². The fourth-order valence-electron chi connectivity index (χ4n) is 4.84. The quantitative estimate of drug-likeness (QED) is 0.523. The molecule has 3 amide bonds. The first-order valence-electron chi connectivity index (χ1n) is 11.8. The Labute approximate surface area is 209 Å². The maximum Gasteiger partial charge on any atom is 0.256 e. The number of nitrogens with one attached hydrogen (secondary N) is 1. The summed E-state index contributed by atoms with van der Waals surface area (Å²) >= 11 is 1.68. The van der Waals surface area contributed by atoms with Crippen molar-refractivity contribution in [2.24, 2.45) is 0 Å². The first-order chi connectivity index (χ1) is 17.1. The third kappa shape index (κ3) is 4.56. The first kappa shape index (κ1) is 23.2. The predicted octanol–water partition coefficient (Wildman–Crippen LogP) is 4.49. The highest BCUT2D eigenvalue weighted by atomic mass is 32.2. The molecule has 35 heavy (non-hydrogen) atoms.